The first-order chi connectivity index (χ1) is 16.0. The fourth-order valence-electron chi connectivity index (χ4n) is 6.20. The number of nitrogens with zero attached hydrogens (tertiary/aromatic N) is 1. The fourth-order valence-corrected chi connectivity index (χ4v) is 6.20. The Labute approximate surface area is 202 Å². The second-order valence-electron chi connectivity index (χ2n) is 11.7. The molecule has 186 valence electrons. The van der Waals surface area contributed by atoms with Crippen molar-refractivity contribution in [1.82, 2.24) is 4.90 Å². The number of carbonyl (C=O) groups is 2. The van der Waals surface area contributed by atoms with Gasteiger partial charge in [0, 0.05) is 18.0 Å². The van der Waals surface area contributed by atoms with Gasteiger partial charge in [0.1, 0.15) is 17.6 Å². The van der Waals surface area contributed by atoms with Gasteiger partial charge in [0.15, 0.2) is 0 Å². The standard InChI is InChI=1S/C28H38FNO4/c1-6-28(14-17(2)11-18(3)15-28)16-34-23-13-22(29)21(12-20(23)19-7-8-19)25(31)30-10-9-27(4,5)24(30)26(32)33/h12-13,18-19,24H,2,6-11,14-16H2,1,3-5H3,(H,32,33)/t18?,24-,28?/m1/s1. The number of rotatable bonds is 7. The molecular formula is C28H38FNO4. The van der Waals surface area contributed by atoms with E-state index in [-0.39, 0.29) is 16.9 Å². The third-order valence-electron chi connectivity index (χ3n) is 8.22. The maximum Gasteiger partial charge on any atom is 0.326 e. The zero-order valence-corrected chi connectivity index (χ0v) is 21.0. The molecule has 4 rings (SSSR count). The molecule has 3 aliphatic rings. The van der Waals surface area contributed by atoms with Crippen molar-refractivity contribution in [2.75, 3.05) is 13.2 Å². The van der Waals surface area contributed by atoms with Crippen molar-refractivity contribution in [2.45, 2.75) is 84.6 Å². The Bertz CT molecular complexity index is 998. The Hall–Kier alpha value is -2.37. The summed E-state index contributed by atoms with van der Waals surface area (Å²) in [6.45, 7) is 13.1. The van der Waals surface area contributed by atoms with Gasteiger partial charge in [-0.15, -0.1) is 0 Å². The quantitative estimate of drug-likeness (QED) is 0.482. The summed E-state index contributed by atoms with van der Waals surface area (Å²) in [5, 5.41) is 9.75. The molecule has 34 heavy (non-hydrogen) atoms. The summed E-state index contributed by atoms with van der Waals surface area (Å²) in [7, 11) is 0. The number of allylic oxidation sites excluding steroid dienone is 1. The maximum atomic E-state index is 15.3. The second-order valence-corrected chi connectivity index (χ2v) is 11.7. The summed E-state index contributed by atoms with van der Waals surface area (Å²) in [6.07, 6.45) is 6.53. The largest absolute Gasteiger partial charge is 0.493 e. The number of aliphatic carboxylic acids is 1. The van der Waals surface area contributed by atoms with Crippen molar-refractivity contribution in [2.24, 2.45) is 16.7 Å². The minimum Gasteiger partial charge on any atom is -0.493 e. The number of likely N-dealkylation sites (tertiary alicyclic amines) is 1. The zero-order valence-electron chi connectivity index (χ0n) is 21.0. The van der Waals surface area contributed by atoms with Crippen molar-refractivity contribution in [3.8, 4) is 5.75 Å². The minimum absolute atomic E-state index is 0.00359. The monoisotopic (exact) mass is 471 g/mol. The molecule has 0 spiro atoms. The van der Waals surface area contributed by atoms with Gasteiger partial charge in [-0.3, -0.25) is 4.79 Å². The first-order valence-electron chi connectivity index (χ1n) is 12.6. The lowest BCUT2D eigenvalue weighted by Crippen LogP contribution is -2.46. The zero-order chi connectivity index (χ0) is 24.8. The summed E-state index contributed by atoms with van der Waals surface area (Å²) >= 11 is 0. The Kier molecular flexibility index (Phi) is 6.56. The average Bonchev–Trinajstić information content (AvgIpc) is 3.53. The number of hydrogen-bond donors (Lipinski definition) is 1. The molecule has 2 saturated carbocycles. The van der Waals surface area contributed by atoms with Gasteiger partial charge in [0.2, 0.25) is 0 Å². The van der Waals surface area contributed by atoms with Crippen LogP contribution < -0.4 is 4.74 Å². The lowest BCUT2D eigenvalue weighted by Gasteiger charge is -2.40. The van der Waals surface area contributed by atoms with Crippen molar-refractivity contribution in [3.05, 3.63) is 41.2 Å². The SMILES string of the molecule is C=C1CC(C)CC(CC)(COc2cc(F)c(C(=O)N3CCC(C)(C)[C@H]3C(=O)O)cc2C2CC2)C1. The molecule has 6 heteroatoms. The number of hydrogen-bond acceptors (Lipinski definition) is 3. The smallest absolute Gasteiger partial charge is 0.326 e. The van der Waals surface area contributed by atoms with E-state index in [0.29, 0.717) is 31.2 Å². The van der Waals surface area contributed by atoms with Crippen LogP contribution in [0.25, 0.3) is 0 Å². The molecule has 0 aromatic heterocycles. The second kappa shape index (κ2) is 9.01. The van der Waals surface area contributed by atoms with E-state index in [1.807, 2.05) is 13.8 Å². The molecule has 5 nitrogen and oxygen atoms in total. The topological polar surface area (TPSA) is 66.8 Å². The van der Waals surface area contributed by atoms with Crippen LogP contribution in [-0.2, 0) is 4.79 Å². The highest BCUT2D eigenvalue weighted by molar-refractivity contribution is 5.98. The Morgan fingerprint density at radius 1 is 1.29 bits per heavy atom. The molecule has 1 aromatic rings. The Morgan fingerprint density at radius 2 is 2.00 bits per heavy atom. The number of ether oxygens (including phenoxy) is 1. The number of amides is 1. The van der Waals surface area contributed by atoms with Crippen molar-refractivity contribution in [1.29, 1.82) is 0 Å². The number of halogens is 1. The number of carbonyl (C=O) groups excluding carboxylic acids is 1. The van der Waals surface area contributed by atoms with E-state index in [4.69, 9.17) is 4.74 Å². The molecule has 2 aliphatic carbocycles. The van der Waals surface area contributed by atoms with Crippen LogP contribution >= 0.6 is 0 Å². The molecule has 1 aromatic carbocycles. The van der Waals surface area contributed by atoms with Gasteiger partial charge in [-0.25, -0.2) is 9.18 Å². The van der Waals surface area contributed by atoms with E-state index in [9.17, 15) is 14.7 Å². The summed E-state index contributed by atoms with van der Waals surface area (Å²) in [5.41, 5.74) is 1.50. The summed E-state index contributed by atoms with van der Waals surface area (Å²) in [4.78, 5) is 26.6. The molecule has 3 fully saturated rings. The minimum atomic E-state index is -1.05. The van der Waals surface area contributed by atoms with Gasteiger partial charge >= 0.3 is 5.97 Å². The predicted molar refractivity (Wildman–Crippen MR) is 130 cm³/mol. The van der Waals surface area contributed by atoms with Crippen LogP contribution in [-0.4, -0.2) is 41.1 Å². The van der Waals surface area contributed by atoms with E-state index in [1.165, 1.54) is 16.5 Å². The van der Waals surface area contributed by atoms with Crippen LogP contribution in [0.5, 0.6) is 5.75 Å². The molecule has 1 amide bonds. The Balaban J connectivity index is 1.60. The van der Waals surface area contributed by atoms with Crippen molar-refractivity contribution < 1.29 is 23.8 Å². The molecule has 3 atom stereocenters. The third kappa shape index (κ3) is 4.73. The van der Waals surface area contributed by atoms with E-state index >= 15 is 4.39 Å². The molecule has 1 N–H and O–H groups in total. The fraction of sp³-hybridized carbons (Fsp3) is 0.643. The highest BCUT2D eigenvalue weighted by atomic mass is 19.1. The van der Waals surface area contributed by atoms with E-state index < -0.39 is 29.2 Å². The van der Waals surface area contributed by atoms with E-state index in [1.54, 1.807) is 6.07 Å². The number of carboxylic acid groups (broad SMARTS) is 1. The van der Waals surface area contributed by atoms with Gasteiger partial charge in [0.05, 0.1) is 12.2 Å². The number of carboxylic acids is 1. The lowest BCUT2D eigenvalue weighted by atomic mass is 9.67. The molecular weight excluding hydrogens is 433 g/mol. The highest BCUT2D eigenvalue weighted by Crippen LogP contribution is 2.48. The first kappa shape index (κ1) is 24.7. The van der Waals surface area contributed by atoms with Crippen LogP contribution in [0.15, 0.2) is 24.3 Å². The van der Waals surface area contributed by atoms with Crippen LogP contribution in [0.4, 0.5) is 4.39 Å². The van der Waals surface area contributed by atoms with Crippen LogP contribution in [0.2, 0.25) is 0 Å². The van der Waals surface area contributed by atoms with Crippen LogP contribution in [0.3, 0.4) is 0 Å². The number of benzene rings is 1. The Morgan fingerprint density at radius 3 is 2.59 bits per heavy atom. The molecule has 2 unspecified atom stereocenters. The predicted octanol–water partition coefficient (Wildman–Crippen LogP) is 6.18. The van der Waals surface area contributed by atoms with E-state index in [2.05, 4.69) is 20.4 Å². The van der Waals surface area contributed by atoms with Crippen LogP contribution in [0.1, 0.15) is 94.5 Å². The van der Waals surface area contributed by atoms with E-state index in [0.717, 1.165) is 44.1 Å². The van der Waals surface area contributed by atoms with Gasteiger partial charge in [-0.2, -0.15) is 0 Å². The van der Waals surface area contributed by atoms with Crippen molar-refractivity contribution in [3.63, 3.8) is 0 Å². The van der Waals surface area contributed by atoms with Gasteiger partial charge in [-0.05, 0) is 73.8 Å². The van der Waals surface area contributed by atoms with Crippen molar-refractivity contribution >= 4 is 11.9 Å². The normalized spacial score (nSPS) is 28.7. The summed E-state index contributed by atoms with van der Waals surface area (Å²) in [5.74, 6) is -0.922. The highest BCUT2D eigenvalue weighted by Gasteiger charge is 2.48. The average molecular weight is 472 g/mol. The maximum absolute atomic E-state index is 15.3. The molecule has 1 saturated heterocycles. The molecule has 1 heterocycles. The van der Waals surface area contributed by atoms with Gasteiger partial charge in [0.25, 0.3) is 5.91 Å². The summed E-state index contributed by atoms with van der Waals surface area (Å²) in [6, 6.07) is 2.00. The third-order valence-corrected chi connectivity index (χ3v) is 8.22. The molecule has 1 aliphatic heterocycles. The van der Waals surface area contributed by atoms with Gasteiger partial charge in [-0.1, -0.05) is 39.8 Å². The molecule has 0 radical (unpaired) electrons. The summed E-state index contributed by atoms with van der Waals surface area (Å²) < 4.78 is 21.6. The molecule has 0 bridgehead atoms. The van der Waals surface area contributed by atoms with Crippen LogP contribution in [0, 0.1) is 22.6 Å². The van der Waals surface area contributed by atoms with Gasteiger partial charge < -0.3 is 14.7 Å². The lowest BCUT2D eigenvalue weighted by molar-refractivity contribution is -0.144. The first-order valence-corrected chi connectivity index (χ1v) is 12.6.